The summed E-state index contributed by atoms with van der Waals surface area (Å²) in [4.78, 5) is 13.8. The lowest BCUT2D eigenvalue weighted by atomic mass is 10.2. The number of hydrogen-bond donors (Lipinski definition) is 0. The molecule has 0 atom stereocenters. The van der Waals surface area contributed by atoms with Crippen LogP contribution in [0.4, 0.5) is 19.3 Å². The second-order valence-electron chi connectivity index (χ2n) is 6.15. The molecular formula is C18H19F2NO2. The molecule has 0 spiro atoms. The summed E-state index contributed by atoms with van der Waals surface area (Å²) in [6, 6.07) is 12.5. The van der Waals surface area contributed by atoms with Gasteiger partial charge in [0.05, 0.1) is 6.54 Å². The number of para-hydroxylation sites is 1. The van der Waals surface area contributed by atoms with E-state index in [4.69, 9.17) is 4.74 Å². The summed E-state index contributed by atoms with van der Waals surface area (Å²) in [6.07, 6.45) is -0.548. The molecule has 5 heteroatoms. The van der Waals surface area contributed by atoms with Gasteiger partial charge in [0.1, 0.15) is 5.60 Å². The average Bonchev–Trinajstić information content (AvgIpc) is 2.47. The molecule has 0 aromatic heterocycles. The Morgan fingerprint density at radius 3 is 2.26 bits per heavy atom. The Bertz CT molecular complexity index is 681. The first-order valence-electron chi connectivity index (χ1n) is 7.26. The van der Waals surface area contributed by atoms with Crippen molar-refractivity contribution in [3.05, 3.63) is 65.7 Å². The largest absolute Gasteiger partial charge is 0.443 e. The van der Waals surface area contributed by atoms with Crippen LogP contribution in [0.15, 0.2) is 48.5 Å². The number of halogens is 2. The number of rotatable bonds is 3. The third-order valence-electron chi connectivity index (χ3n) is 3.01. The third kappa shape index (κ3) is 4.77. The zero-order valence-electron chi connectivity index (χ0n) is 13.3. The molecule has 3 nitrogen and oxygen atoms in total. The first kappa shape index (κ1) is 16.9. The van der Waals surface area contributed by atoms with Crippen molar-refractivity contribution in [3.8, 4) is 0 Å². The number of carbonyl (C=O) groups excluding carboxylic acids is 1. The Labute approximate surface area is 134 Å². The van der Waals surface area contributed by atoms with Gasteiger partial charge in [0, 0.05) is 5.69 Å². The highest BCUT2D eigenvalue weighted by molar-refractivity contribution is 5.87. The quantitative estimate of drug-likeness (QED) is 0.805. The molecule has 1 amide bonds. The second kappa shape index (κ2) is 6.77. The van der Waals surface area contributed by atoms with Crippen molar-refractivity contribution in [1.82, 2.24) is 0 Å². The van der Waals surface area contributed by atoms with E-state index in [-0.39, 0.29) is 6.54 Å². The summed E-state index contributed by atoms with van der Waals surface area (Å²) in [5.74, 6) is -1.86. The molecule has 0 bridgehead atoms. The topological polar surface area (TPSA) is 29.5 Å². The maximum absolute atomic E-state index is 13.4. The summed E-state index contributed by atoms with van der Waals surface area (Å²) in [6.45, 7) is 5.39. The van der Waals surface area contributed by atoms with Crippen molar-refractivity contribution in [3.63, 3.8) is 0 Å². The molecule has 0 saturated heterocycles. The maximum Gasteiger partial charge on any atom is 0.415 e. The molecule has 2 aromatic rings. The fourth-order valence-corrected chi connectivity index (χ4v) is 2.01. The molecule has 122 valence electrons. The SMILES string of the molecule is CC(C)(C)OC(=O)N(Cc1ccc(F)c(F)c1)c1ccccc1. The average molecular weight is 319 g/mol. The molecule has 0 aliphatic heterocycles. The van der Waals surface area contributed by atoms with E-state index >= 15 is 0 Å². The summed E-state index contributed by atoms with van der Waals surface area (Å²) < 4.78 is 31.9. The van der Waals surface area contributed by atoms with E-state index < -0.39 is 23.3 Å². The Hall–Kier alpha value is -2.43. The molecule has 0 N–H and O–H groups in total. The first-order chi connectivity index (χ1) is 10.8. The van der Waals surface area contributed by atoms with Crippen molar-refractivity contribution >= 4 is 11.8 Å². The van der Waals surface area contributed by atoms with Gasteiger partial charge in [0.2, 0.25) is 0 Å². The summed E-state index contributed by atoms with van der Waals surface area (Å²) in [5.41, 5.74) is 0.433. The molecule has 2 aromatic carbocycles. The Balaban J connectivity index is 2.30. The van der Waals surface area contributed by atoms with E-state index in [9.17, 15) is 13.6 Å². The van der Waals surface area contributed by atoms with Crippen molar-refractivity contribution in [2.24, 2.45) is 0 Å². The number of nitrogens with zero attached hydrogens (tertiary/aromatic N) is 1. The molecule has 0 fully saturated rings. The Kier molecular flexibility index (Phi) is 4.98. The Morgan fingerprint density at radius 1 is 1.04 bits per heavy atom. The molecule has 2 rings (SSSR count). The van der Waals surface area contributed by atoms with Crippen LogP contribution in [0.1, 0.15) is 26.3 Å². The lowest BCUT2D eigenvalue weighted by Crippen LogP contribution is -2.36. The Morgan fingerprint density at radius 2 is 1.70 bits per heavy atom. The molecule has 0 unspecified atom stereocenters. The molecule has 0 radical (unpaired) electrons. The first-order valence-corrected chi connectivity index (χ1v) is 7.26. The van der Waals surface area contributed by atoms with Crippen LogP contribution in [0, 0.1) is 11.6 Å². The smallest absolute Gasteiger partial charge is 0.415 e. The van der Waals surface area contributed by atoms with E-state index in [0.717, 1.165) is 12.1 Å². The molecule has 0 aliphatic carbocycles. The van der Waals surface area contributed by atoms with Crippen LogP contribution in [0.2, 0.25) is 0 Å². The highest BCUT2D eigenvalue weighted by Gasteiger charge is 2.23. The summed E-state index contributed by atoms with van der Waals surface area (Å²) >= 11 is 0. The van der Waals surface area contributed by atoms with Gasteiger partial charge in [-0.15, -0.1) is 0 Å². The van der Waals surface area contributed by atoms with Crippen LogP contribution >= 0.6 is 0 Å². The van der Waals surface area contributed by atoms with Crippen molar-refractivity contribution in [2.75, 3.05) is 4.90 Å². The predicted octanol–water partition coefficient (Wildman–Crippen LogP) is 4.91. The van der Waals surface area contributed by atoms with Crippen molar-refractivity contribution < 1.29 is 18.3 Å². The number of carbonyl (C=O) groups is 1. The predicted molar refractivity (Wildman–Crippen MR) is 85.2 cm³/mol. The fraction of sp³-hybridized carbons (Fsp3) is 0.278. The second-order valence-corrected chi connectivity index (χ2v) is 6.15. The number of hydrogen-bond acceptors (Lipinski definition) is 2. The maximum atomic E-state index is 13.4. The van der Waals surface area contributed by atoms with Gasteiger partial charge in [0.25, 0.3) is 0 Å². The van der Waals surface area contributed by atoms with Crippen LogP contribution in [-0.2, 0) is 11.3 Å². The van der Waals surface area contributed by atoms with Gasteiger partial charge in [-0.1, -0.05) is 24.3 Å². The van der Waals surface area contributed by atoms with Crippen LogP contribution in [0.5, 0.6) is 0 Å². The number of amides is 1. The number of ether oxygens (including phenoxy) is 1. The monoisotopic (exact) mass is 319 g/mol. The molecule has 23 heavy (non-hydrogen) atoms. The fourth-order valence-electron chi connectivity index (χ4n) is 2.01. The van der Waals surface area contributed by atoms with Gasteiger partial charge in [-0.05, 0) is 50.6 Å². The van der Waals surface area contributed by atoms with Gasteiger partial charge in [-0.2, -0.15) is 0 Å². The molecule has 0 saturated carbocycles. The molecule has 0 aliphatic rings. The number of benzene rings is 2. The van der Waals surface area contributed by atoms with Crippen molar-refractivity contribution in [2.45, 2.75) is 32.9 Å². The van der Waals surface area contributed by atoms with E-state index in [2.05, 4.69) is 0 Å². The summed E-state index contributed by atoms with van der Waals surface area (Å²) in [5, 5.41) is 0. The van der Waals surface area contributed by atoms with Gasteiger partial charge in [-0.3, -0.25) is 4.90 Å². The van der Waals surface area contributed by atoms with E-state index in [1.54, 1.807) is 45.0 Å². The highest BCUT2D eigenvalue weighted by Crippen LogP contribution is 2.21. The van der Waals surface area contributed by atoms with Crippen LogP contribution in [-0.4, -0.2) is 11.7 Å². The van der Waals surface area contributed by atoms with Crippen LogP contribution in [0.25, 0.3) is 0 Å². The van der Waals surface area contributed by atoms with E-state index in [1.165, 1.54) is 11.0 Å². The van der Waals surface area contributed by atoms with E-state index in [1.807, 2.05) is 6.07 Å². The molecular weight excluding hydrogens is 300 g/mol. The zero-order chi connectivity index (χ0) is 17.0. The minimum absolute atomic E-state index is 0.0795. The molecule has 0 heterocycles. The number of anilines is 1. The van der Waals surface area contributed by atoms with Crippen molar-refractivity contribution in [1.29, 1.82) is 0 Å². The van der Waals surface area contributed by atoms with Crippen LogP contribution in [0.3, 0.4) is 0 Å². The standard InChI is InChI=1S/C18H19F2NO2/c1-18(2,3)23-17(22)21(14-7-5-4-6-8-14)12-13-9-10-15(19)16(20)11-13/h4-11H,12H2,1-3H3. The lowest BCUT2D eigenvalue weighted by Gasteiger charge is -2.27. The lowest BCUT2D eigenvalue weighted by molar-refractivity contribution is 0.0577. The van der Waals surface area contributed by atoms with Gasteiger partial charge >= 0.3 is 6.09 Å². The normalized spacial score (nSPS) is 11.2. The summed E-state index contributed by atoms with van der Waals surface area (Å²) in [7, 11) is 0. The van der Waals surface area contributed by atoms with Gasteiger partial charge < -0.3 is 4.74 Å². The minimum atomic E-state index is -0.945. The van der Waals surface area contributed by atoms with Crippen LogP contribution < -0.4 is 4.90 Å². The van der Waals surface area contributed by atoms with Gasteiger partial charge in [-0.25, -0.2) is 13.6 Å². The van der Waals surface area contributed by atoms with Gasteiger partial charge in [0.15, 0.2) is 11.6 Å². The zero-order valence-corrected chi connectivity index (χ0v) is 13.3. The van der Waals surface area contributed by atoms with E-state index in [0.29, 0.717) is 11.3 Å². The minimum Gasteiger partial charge on any atom is -0.443 e. The third-order valence-corrected chi connectivity index (χ3v) is 3.01. The highest BCUT2D eigenvalue weighted by atomic mass is 19.2.